The Morgan fingerprint density at radius 1 is 1.26 bits per heavy atom. The Hall–Kier alpha value is -1.45. The van der Waals surface area contributed by atoms with Crippen molar-refractivity contribution in [2.45, 2.75) is 32.9 Å². The molecule has 3 nitrogen and oxygen atoms in total. The number of methoxy groups -OCH3 is 1. The summed E-state index contributed by atoms with van der Waals surface area (Å²) < 4.78 is 5.23. The van der Waals surface area contributed by atoms with Crippen LogP contribution in [0.3, 0.4) is 0 Å². The first-order valence-electron chi connectivity index (χ1n) is 6.61. The monoisotopic (exact) mass is 258 g/mol. The molecule has 0 atom stereocenters. The van der Waals surface area contributed by atoms with E-state index < -0.39 is 0 Å². The summed E-state index contributed by atoms with van der Waals surface area (Å²) >= 11 is 0. The van der Waals surface area contributed by atoms with Crippen molar-refractivity contribution in [3.63, 3.8) is 0 Å². The number of ether oxygens (including phenoxy) is 1. The zero-order valence-corrected chi connectivity index (χ0v) is 12.2. The lowest BCUT2D eigenvalue weighted by Crippen LogP contribution is -2.42. The molecule has 1 aromatic heterocycles. The van der Waals surface area contributed by atoms with Crippen molar-refractivity contribution in [1.82, 2.24) is 10.3 Å². The van der Waals surface area contributed by atoms with Crippen molar-refractivity contribution >= 4 is 10.9 Å². The van der Waals surface area contributed by atoms with E-state index in [2.05, 4.69) is 48.4 Å². The van der Waals surface area contributed by atoms with E-state index in [0.717, 1.165) is 17.8 Å². The van der Waals surface area contributed by atoms with Gasteiger partial charge in [0.1, 0.15) is 0 Å². The first kappa shape index (κ1) is 14.0. The topological polar surface area (TPSA) is 34.1 Å². The normalized spacial score (nSPS) is 12.0. The molecule has 0 aliphatic rings. The molecule has 0 aliphatic heterocycles. The number of hydrogen-bond donors (Lipinski definition) is 1. The van der Waals surface area contributed by atoms with Crippen molar-refractivity contribution in [2.24, 2.45) is 0 Å². The molecule has 1 heterocycles. The van der Waals surface area contributed by atoms with E-state index in [1.54, 1.807) is 7.11 Å². The van der Waals surface area contributed by atoms with Gasteiger partial charge >= 0.3 is 0 Å². The number of nitrogens with one attached hydrogen (secondary N) is 1. The Morgan fingerprint density at radius 2 is 2.00 bits per heavy atom. The van der Waals surface area contributed by atoms with E-state index in [1.165, 1.54) is 10.9 Å². The predicted molar refractivity (Wildman–Crippen MR) is 79.3 cm³/mol. The number of nitrogens with zero attached hydrogens (tertiary/aromatic N) is 1. The standard InChI is InChI=1S/C16H22N2O/c1-12-9-13(10-17-16(2,3)11-19-4)14-7-5-6-8-15(14)18-12/h5-9,17H,10-11H2,1-4H3. The number of fused-ring (bicyclic) bond motifs is 1. The van der Waals surface area contributed by atoms with Gasteiger partial charge in [-0.3, -0.25) is 4.98 Å². The molecule has 1 aromatic carbocycles. The second-order valence-electron chi connectivity index (χ2n) is 5.61. The molecule has 0 bridgehead atoms. The highest BCUT2D eigenvalue weighted by Crippen LogP contribution is 2.18. The largest absolute Gasteiger partial charge is 0.383 e. The highest BCUT2D eigenvalue weighted by Gasteiger charge is 2.17. The van der Waals surface area contributed by atoms with Crippen LogP contribution >= 0.6 is 0 Å². The molecule has 0 fully saturated rings. The molecule has 0 radical (unpaired) electrons. The lowest BCUT2D eigenvalue weighted by molar-refractivity contribution is 0.128. The van der Waals surface area contributed by atoms with Crippen LogP contribution < -0.4 is 5.32 Å². The lowest BCUT2D eigenvalue weighted by atomic mass is 10.0. The molecule has 0 saturated heterocycles. The Kier molecular flexibility index (Phi) is 4.17. The van der Waals surface area contributed by atoms with Crippen LogP contribution in [0.25, 0.3) is 10.9 Å². The van der Waals surface area contributed by atoms with Gasteiger partial charge in [0.25, 0.3) is 0 Å². The SMILES string of the molecule is COCC(C)(C)NCc1cc(C)nc2ccccc12. The Morgan fingerprint density at radius 3 is 2.74 bits per heavy atom. The van der Waals surface area contributed by atoms with E-state index >= 15 is 0 Å². The summed E-state index contributed by atoms with van der Waals surface area (Å²) in [4.78, 5) is 4.56. The van der Waals surface area contributed by atoms with Crippen molar-refractivity contribution in [3.05, 3.63) is 41.6 Å². The Bertz CT molecular complexity index is 564. The number of pyridine rings is 1. The smallest absolute Gasteiger partial charge is 0.0708 e. The molecule has 3 heteroatoms. The quantitative estimate of drug-likeness (QED) is 0.895. The van der Waals surface area contributed by atoms with Crippen LogP contribution in [0.5, 0.6) is 0 Å². The molecular formula is C16H22N2O. The predicted octanol–water partition coefficient (Wildman–Crippen LogP) is 3.06. The van der Waals surface area contributed by atoms with Gasteiger partial charge in [-0.2, -0.15) is 0 Å². The first-order chi connectivity index (χ1) is 9.02. The zero-order valence-electron chi connectivity index (χ0n) is 12.2. The van der Waals surface area contributed by atoms with E-state index in [-0.39, 0.29) is 5.54 Å². The molecule has 0 amide bonds. The summed E-state index contributed by atoms with van der Waals surface area (Å²) in [5, 5.41) is 4.76. The van der Waals surface area contributed by atoms with Crippen molar-refractivity contribution in [1.29, 1.82) is 0 Å². The zero-order chi connectivity index (χ0) is 13.9. The molecule has 2 aromatic rings. The van der Waals surface area contributed by atoms with Crippen molar-refractivity contribution in [2.75, 3.05) is 13.7 Å². The second-order valence-corrected chi connectivity index (χ2v) is 5.61. The average Bonchev–Trinajstić information content (AvgIpc) is 2.36. The fourth-order valence-corrected chi connectivity index (χ4v) is 2.29. The van der Waals surface area contributed by atoms with E-state index in [1.807, 2.05) is 13.0 Å². The van der Waals surface area contributed by atoms with Crippen LogP contribution in [0.1, 0.15) is 25.1 Å². The van der Waals surface area contributed by atoms with Crippen LogP contribution in [0.4, 0.5) is 0 Å². The first-order valence-corrected chi connectivity index (χ1v) is 6.61. The molecule has 1 N–H and O–H groups in total. The van der Waals surface area contributed by atoms with Gasteiger partial charge in [0.2, 0.25) is 0 Å². The van der Waals surface area contributed by atoms with Gasteiger partial charge < -0.3 is 10.1 Å². The molecular weight excluding hydrogens is 236 g/mol. The number of aryl methyl sites for hydroxylation is 1. The summed E-state index contributed by atoms with van der Waals surface area (Å²) in [5.74, 6) is 0. The molecule has 0 spiro atoms. The summed E-state index contributed by atoms with van der Waals surface area (Å²) in [7, 11) is 1.73. The van der Waals surface area contributed by atoms with E-state index in [4.69, 9.17) is 4.74 Å². The minimum absolute atomic E-state index is 0.0347. The third-order valence-corrected chi connectivity index (χ3v) is 3.19. The van der Waals surface area contributed by atoms with Crippen molar-refractivity contribution in [3.8, 4) is 0 Å². The number of hydrogen-bond acceptors (Lipinski definition) is 3. The number of benzene rings is 1. The maximum Gasteiger partial charge on any atom is 0.0708 e. The van der Waals surface area contributed by atoms with Crippen LogP contribution in [-0.4, -0.2) is 24.2 Å². The van der Waals surface area contributed by atoms with E-state index in [9.17, 15) is 0 Å². The molecule has 102 valence electrons. The maximum absolute atomic E-state index is 5.23. The highest BCUT2D eigenvalue weighted by molar-refractivity contribution is 5.82. The molecule has 19 heavy (non-hydrogen) atoms. The van der Waals surface area contributed by atoms with Crippen LogP contribution in [0, 0.1) is 6.92 Å². The van der Waals surface area contributed by atoms with Gasteiger partial charge in [-0.05, 0) is 38.5 Å². The number of aromatic nitrogens is 1. The molecule has 0 aliphatic carbocycles. The highest BCUT2D eigenvalue weighted by atomic mass is 16.5. The Labute approximate surface area is 115 Å². The van der Waals surface area contributed by atoms with Gasteiger partial charge in [0.15, 0.2) is 0 Å². The third kappa shape index (κ3) is 3.52. The summed E-state index contributed by atoms with van der Waals surface area (Å²) in [6, 6.07) is 10.4. The van der Waals surface area contributed by atoms with Gasteiger partial charge in [-0.15, -0.1) is 0 Å². The van der Waals surface area contributed by atoms with Crippen LogP contribution in [-0.2, 0) is 11.3 Å². The number of rotatable bonds is 5. The fraction of sp³-hybridized carbons (Fsp3) is 0.438. The minimum Gasteiger partial charge on any atom is -0.383 e. The van der Waals surface area contributed by atoms with Gasteiger partial charge in [0, 0.05) is 30.3 Å². The van der Waals surface area contributed by atoms with Crippen molar-refractivity contribution < 1.29 is 4.74 Å². The minimum atomic E-state index is -0.0347. The Balaban J connectivity index is 2.25. The maximum atomic E-state index is 5.23. The summed E-state index contributed by atoms with van der Waals surface area (Å²) in [6.07, 6.45) is 0. The lowest BCUT2D eigenvalue weighted by Gasteiger charge is -2.25. The molecule has 2 rings (SSSR count). The van der Waals surface area contributed by atoms with Crippen LogP contribution in [0.2, 0.25) is 0 Å². The van der Waals surface area contributed by atoms with Gasteiger partial charge in [-0.25, -0.2) is 0 Å². The molecule has 0 saturated carbocycles. The van der Waals surface area contributed by atoms with Gasteiger partial charge in [0.05, 0.1) is 12.1 Å². The number of para-hydroxylation sites is 1. The third-order valence-electron chi connectivity index (χ3n) is 3.19. The van der Waals surface area contributed by atoms with Gasteiger partial charge in [-0.1, -0.05) is 18.2 Å². The van der Waals surface area contributed by atoms with Crippen LogP contribution in [0.15, 0.2) is 30.3 Å². The van der Waals surface area contributed by atoms with E-state index in [0.29, 0.717) is 6.61 Å². The summed E-state index contributed by atoms with van der Waals surface area (Å²) in [5.41, 5.74) is 3.36. The second kappa shape index (κ2) is 5.68. The molecule has 0 unspecified atom stereocenters. The average molecular weight is 258 g/mol. The summed E-state index contributed by atoms with van der Waals surface area (Å²) in [6.45, 7) is 7.84. The fourth-order valence-electron chi connectivity index (χ4n) is 2.29.